The predicted octanol–water partition coefficient (Wildman–Crippen LogP) is 4.72. The van der Waals surface area contributed by atoms with Crippen molar-refractivity contribution < 1.29 is 9.72 Å². The van der Waals surface area contributed by atoms with E-state index in [9.17, 15) is 14.9 Å². The first-order chi connectivity index (χ1) is 16.0. The molecule has 2 aromatic carbocycles. The lowest BCUT2D eigenvalue weighted by Crippen LogP contribution is -2.40. The molecule has 1 amide bonds. The van der Waals surface area contributed by atoms with Crippen LogP contribution in [-0.4, -0.2) is 37.0 Å². The van der Waals surface area contributed by atoms with E-state index in [4.69, 9.17) is 0 Å². The van der Waals surface area contributed by atoms with Crippen LogP contribution in [0.15, 0.2) is 76.4 Å². The maximum Gasteiger partial charge on any atom is 0.284 e. The van der Waals surface area contributed by atoms with Gasteiger partial charge in [0.25, 0.3) is 11.6 Å². The largest absolute Gasteiger partial charge is 0.327 e. The van der Waals surface area contributed by atoms with Crippen LogP contribution in [0.5, 0.6) is 0 Å². The summed E-state index contributed by atoms with van der Waals surface area (Å²) in [5.74, 6) is -0.223. The number of nitro groups is 1. The van der Waals surface area contributed by atoms with Gasteiger partial charge >= 0.3 is 0 Å². The Balaban J connectivity index is 1.51. The summed E-state index contributed by atoms with van der Waals surface area (Å²) in [6.45, 7) is 0.551. The summed E-state index contributed by atoms with van der Waals surface area (Å²) in [6, 6.07) is 16.4. The van der Waals surface area contributed by atoms with Gasteiger partial charge in [-0.05, 0) is 52.9 Å². The molecule has 0 saturated carbocycles. The second-order valence-electron chi connectivity index (χ2n) is 7.63. The van der Waals surface area contributed by atoms with Gasteiger partial charge in [-0.25, -0.2) is 0 Å². The Morgan fingerprint density at radius 2 is 2.03 bits per heavy atom. The molecule has 1 unspecified atom stereocenters. The molecule has 5 rings (SSSR count). The molecule has 8 nitrogen and oxygen atoms in total. The molecule has 1 aliphatic rings. The Kier molecular flexibility index (Phi) is 5.69. The van der Waals surface area contributed by atoms with Crippen molar-refractivity contribution in [3.05, 3.63) is 98.0 Å². The van der Waals surface area contributed by atoms with Crippen LogP contribution in [0.1, 0.15) is 32.4 Å². The zero-order chi connectivity index (χ0) is 22.9. The third-order valence-electron chi connectivity index (χ3n) is 5.62. The number of carbonyl (C=O) groups is 1. The molecule has 0 N–H and O–H groups in total. The molecule has 0 bridgehead atoms. The molecule has 3 heterocycles. The molecule has 0 radical (unpaired) electrons. The molecule has 1 atom stereocenters. The second-order valence-corrected chi connectivity index (χ2v) is 9.64. The van der Waals surface area contributed by atoms with E-state index in [1.165, 1.54) is 17.3 Å². The van der Waals surface area contributed by atoms with Crippen LogP contribution in [-0.2, 0) is 13.5 Å². The number of nitrogens with zero attached hydrogens (tertiary/aromatic N) is 5. The van der Waals surface area contributed by atoms with E-state index in [1.807, 2.05) is 35.2 Å². The van der Waals surface area contributed by atoms with Crippen LogP contribution < -0.4 is 0 Å². The van der Waals surface area contributed by atoms with Gasteiger partial charge in [0.15, 0.2) is 5.16 Å². The van der Waals surface area contributed by atoms with E-state index in [-0.39, 0.29) is 17.6 Å². The molecule has 1 aliphatic heterocycles. The van der Waals surface area contributed by atoms with Gasteiger partial charge in [0, 0.05) is 30.1 Å². The van der Waals surface area contributed by atoms with Crippen molar-refractivity contribution in [2.45, 2.75) is 22.5 Å². The molecule has 4 aromatic rings. The van der Waals surface area contributed by atoms with Gasteiger partial charge in [0.05, 0.1) is 15.9 Å². The highest BCUT2D eigenvalue weighted by atomic mass is 32.2. The highest BCUT2D eigenvalue weighted by Gasteiger charge is 2.34. The van der Waals surface area contributed by atoms with Gasteiger partial charge in [-0.1, -0.05) is 30.3 Å². The van der Waals surface area contributed by atoms with Gasteiger partial charge in [-0.2, -0.15) is 0 Å². The Labute approximate surface area is 198 Å². The number of aryl methyl sites for hydroxylation is 1. The summed E-state index contributed by atoms with van der Waals surface area (Å²) in [5.41, 5.74) is 2.31. The van der Waals surface area contributed by atoms with Gasteiger partial charge < -0.3 is 9.47 Å². The topological polar surface area (TPSA) is 94.2 Å². The number of benzene rings is 2. The predicted molar refractivity (Wildman–Crippen MR) is 126 cm³/mol. The SMILES string of the molecule is Cn1cnnc1Sc1ccc(C(=O)N2CCc3sccc3C2c2ccccc2)cc1[N+](=O)[O-]. The zero-order valence-corrected chi connectivity index (χ0v) is 19.3. The van der Waals surface area contributed by atoms with Crippen LogP contribution in [0.3, 0.4) is 0 Å². The zero-order valence-electron chi connectivity index (χ0n) is 17.6. The summed E-state index contributed by atoms with van der Waals surface area (Å²) in [7, 11) is 1.77. The van der Waals surface area contributed by atoms with E-state index >= 15 is 0 Å². The minimum atomic E-state index is -0.461. The number of amides is 1. The van der Waals surface area contributed by atoms with Gasteiger partial charge in [0.2, 0.25) is 0 Å². The highest BCUT2D eigenvalue weighted by Crippen LogP contribution is 2.39. The molecule has 2 aromatic heterocycles. The molecule has 166 valence electrons. The fourth-order valence-electron chi connectivity index (χ4n) is 4.04. The Morgan fingerprint density at radius 1 is 1.21 bits per heavy atom. The summed E-state index contributed by atoms with van der Waals surface area (Å²) < 4.78 is 1.68. The Morgan fingerprint density at radius 3 is 2.76 bits per heavy atom. The smallest absolute Gasteiger partial charge is 0.284 e. The van der Waals surface area contributed by atoms with Crippen LogP contribution in [0.2, 0.25) is 0 Å². The van der Waals surface area contributed by atoms with Crippen molar-refractivity contribution >= 4 is 34.7 Å². The van der Waals surface area contributed by atoms with Crippen molar-refractivity contribution in [3.63, 3.8) is 0 Å². The number of rotatable bonds is 5. The first kappa shape index (κ1) is 21.4. The fourth-order valence-corrected chi connectivity index (χ4v) is 5.79. The lowest BCUT2D eigenvalue weighted by molar-refractivity contribution is -0.387. The van der Waals surface area contributed by atoms with Crippen molar-refractivity contribution in [1.29, 1.82) is 0 Å². The number of fused-ring (bicyclic) bond motifs is 1. The monoisotopic (exact) mass is 477 g/mol. The average molecular weight is 478 g/mol. The Bertz CT molecular complexity index is 1330. The van der Waals surface area contributed by atoms with Crippen molar-refractivity contribution in [1.82, 2.24) is 19.7 Å². The van der Waals surface area contributed by atoms with E-state index < -0.39 is 4.92 Å². The molecule has 10 heteroatoms. The number of thiophene rings is 1. The molecular weight excluding hydrogens is 458 g/mol. The summed E-state index contributed by atoms with van der Waals surface area (Å²) >= 11 is 2.85. The van der Waals surface area contributed by atoms with E-state index in [0.717, 1.165) is 29.3 Å². The van der Waals surface area contributed by atoms with Gasteiger partial charge in [-0.15, -0.1) is 21.5 Å². The first-order valence-electron chi connectivity index (χ1n) is 10.3. The van der Waals surface area contributed by atoms with E-state index in [1.54, 1.807) is 35.1 Å². The number of nitro benzene ring substituents is 1. The van der Waals surface area contributed by atoms with Gasteiger partial charge in [0.1, 0.15) is 6.33 Å². The minimum Gasteiger partial charge on any atom is -0.327 e. The normalized spacial score (nSPS) is 15.3. The third kappa shape index (κ3) is 4.03. The quantitative estimate of drug-likeness (QED) is 0.305. The lowest BCUT2D eigenvalue weighted by atomic mass is 9.92. The number of aromatic nitrogens is 3. The fraction of sp³-hybridized carbons (Fsp3) is 0.174. The van der Waals surface area contributed by atoms with Crippen LogP contribution in [0.25, 0.3) is 0 Å². The van der Waals surface area contributed by atoms with Crippen molar-refractivity contribution in [2.75, 3.05) is 6.54 Å². The molecule has 0 fully saturated rings. The number of carbonyl (C=O) groups excluding carboxylic acids is 1. The number of hydrogen-bond donors (Lipinski definition) is 0. The average Bonchev–Trinajstić information content (AvgIpc) is 3.47. The van der Waals surface area contributed by atoms with E-state index in [2.05, 4.69) is 21.6 Å². The summed E-state index contributed by atoms with van der Waals surface area (Å²) in [5, 5.41) is 22.2. The highest BCUT2D eigenvalue weighted by molar-refractivity contribution is 7.99. The molecule has 0 aliphatic carbocycles. The second kappa shape index (κ2) is 8.80. The van der Waals surface area contributed by atoms with Crippen LogP contribution >= 0.6 is 23.1 Å². The maximum absolute atomic E-state index is 13.6. The van der Waals surface area contributed by atoms with Crippen molar-refractivity contribution in [3.8, 4) is 0 Å². The van der Waals surface area contributed by atoms with Crippen LogP contribution in [0.4, 0.5) is 5.69 Å². The van der Waals surface area contributed by atoms with Crippen LogP contribution in [0, 0.1) is 10.1 Å². The van der Waals surface area contributed by atoms with Crippen molar-refractivity contribution in [2.24, 2.45) is 7.05 Å². The Hall–Kier alpha value is -3.50. The van der Waals surface area contributed by atoms with Gasteiger partial charge in [-0.3, -0.25) is 14.9 Å². The molecule has 0 saturated heterocycles. The standard InChI is InChI=1S/C23H19N5O3S2/c1-26-14-24-25-23(26)33-20-8-7-16(13-18(20)28(30)31)22(29)27-11-9-19-17(10-12-32-19)21(27)15-5-3-2-4-6-15/h2-8,10,12-14,21H,9,11H2,1H3. The molecular formula is C23H19N5O3S2. The summed E-state index contributed by atoms with van der Waals surface area (Å²) in [6.07, 6.45) is 2.30. The summed E-state index contributed by atoms with van der Waals surface area (Å²) in [4.78, 5) is 28.5. The molecule has 33 heavy (non-hydrogen) atoms. The lowest BCUT2D eigenvalue weighted by Gasteiger charge is -2.36. The number of hydrogen-bond acceptors (Lipinski definition) is 7. The minimum absolute atomic E-state index is 0.127. The van der Waals surface area contributed by atoms with E-state index in [0.29, 0.717) is 22.2 Å². The maximum atomic E-state index is 13.6. The molecule has 0 spiro atoms. The third-order valence-corrected chi connectivity index (χ3v) is 7.73. The first-order valence-corrected chi connectivity index (χ1v) is 11.9.